The molecule has 2 amide bonds. The van der Waals surface area contributed by atoms with Gasteiger partial charge in [-0.25, -0.2) is 13.2 Å². The maximum atomic E-state index is 17.2. The van der Waals surface area contributed by atoms with E-state index in [2.05, 4.69) is 38.3 Å². The van der Waals surface area contributed by atoms with E-state index in [9.17, 15) is 19.8 Å². The average molecular weight is 973 g/mol. The number of hydrogen-bond acceptors (Lipinski definition) is 11. The van der Waals surface area contributed by atoms with Gasteiger partial charge in [0, 0.05) is 55.8 Å². The number of aromatic hydroxyl groups is 1. The van der Waals surface area contributed by atoms with E-state index in [1.807, 2.05) is 16.6 Å². The summed E-state index contributed by atoms with van der Waals surface area (Å²) < 4.78 is 57.3. The van der Waals surface area contributed by atoms with E-state index in [0.717, 1.165) is 94.4 Å². The van der Waals surface area contributed by atoms with Crippen LogP contribution in [0.5, 0.6) is 11.8 Å². The third-order valence-electron chi connectivity index (χ3n) is 16.4. The number of para-hydroxylation sites is 1. The first-order chi connectivity index (χ1) is 34.2. The van der Waals surface area contributed by atoms with Gasteiger partial charge < -0.3 is 29.6 Å². The summed E-state index contributed by atoms with van der Waals surface area (Å²) >= 11 is 0. The van der Waals surface area contributed by atoms with Crippen LogP contribution in [0.25, 0.3) is 43.7 Å². The number of phenolic OH excluding ortho intramolecular Hbond substituents is 1. The minimum absolute atomic E-state index is 0.0292. The largest absolute Gasteiger partial charge is 0.508 e. The number of aryl methyl sites for hydroxylation is 2. The van der Waals surface area contributed by atoms with Crippen LogP contribution in [0, 0.1) is 28.8 Å². The number of imide groups is 1. The zero-order valence-electron chi connectivity index (χ0n) is 40.9. The fourth-order valence-corrected chi connectivity index (χ4v) is 12.4. The normalized spacial score (nSPS) is 22.7. The van der Waals surface area contributed by atoms with E-state index in [-0.39, 0.29) is 69.8 Å². The first-order valence-corrected chi connectivity index (χ1v) is 25.6. The average Bonchev–Trinajstić information content (AvgIpc) is 4.03. The molecule has 13 nitrogen and oxygen atoms in total. The Balaban J connectivity index is 0.753. The molecule has 2 atom stereocenters. The van der Waals surface area contributed by atoms with Crippen molar-refractivity contribution >= 4 is 50.2 Å². The lowest BCUT2D eigenvalue weighted by Crippen LogP contribution is -2.46. The Morgan fingerprint density at radius 3 is 2.39 bits per heavy atom. The molecule has 4 aromatic carbocycles. The second kappa shape index (κ2) is 18.6. The van der Waals surface area contributed by atoms with Gasteiger partial charge in [0.05, 0.1) is 34.9 Å². The molecule has 2 aromatic heterocycles. The molecule has 6 heterocycles. The maximum Gasteiger partial charge on any atom is 0.319 e. The number of nitrogens with zero attached hydrogens (tertiary/aromatic N) is 7. The Morgan fingerprint density at radius 2 is 1.66 bits per heavy atom. The van der Waals surface area contributed by atoms with Crippen molar-refractivity contribution in [2.45, 2.75) is 102 Å². The number of rotatable bonds is 12. The van der Waals surface area contributed by atoms with Crippen molar-refractivity contribution in [1.29, 1.82) is 0 Å². The molecule has 1 unspecified atom stereocenters. The molecule has 0 radical (unpaired) electrons. The second-order valence-corrected chi connectivity index (χ2v) is 21.6. The number of likely N-dealkylation sites (tertiary alicyclic amines) is 2. The van der Waals surface area contributed by atoms with Crippen molar-refractivity contribution in [3.05, 3.63) is 82.8 Å². The van der Waals surface area contributed by atoms with E-state index >= 15 is 13.2 Å². The van der Waals surface area contributed by atoms with Gasteiger partial charge in [-0.1, -0.05) is 31.2 Å². The monoisotopic (exact) mass is 972 g/mol. The summed E-state index contributed by atoms with van der Waals surface area (Å²) in [4.78, 5) is 41.0. The minimum Gasteiger partial charge on any atom is -0.508 e. The van der Waals surface area contributed by atoms with Crippen LogP contribution in [-0.4, -0.2) is 116 Å². The van der Waals surface area contributed by atoms with Gasteiger partial charge in [-0.15, -0.1) is 0 Å². The quantitative estimate of drug-likeness (QED) is 0.101. The Labute approximate surface area is 411 Å². The van der Waals surface area contributed by atoms with Crippen molar-refractivity contribution in [3.63, 3.8) is 0 Å². The van der Waals surface area contributed by atoms with Crippen molar-refractivity contribution in [2.75, 3.05) is 63.9 Å². The van der Waals surface area contributed by atoms with Crippen molar-refractivity contribution in [1.82, 2.24) is 34.9 Å². The molecule has 6 aromatic rings. The summed E-state index contributed by atoms with van der Waals surface area (Å²) in [7, 11) is 1.95. The molecular formula is C55H63F3N8O5. The molecule has 3 N–H and O–H groups in total. The lowest BCUT2D eigenvalue weighted by atomic mass is 9.86. The summed E-state index contributed by atoms with van der Waals surface area (Å²) in [5, 5.41) is 31.1. The van der Waals surface area contributed by atoms with Gasteiger partial charge in [-0.3, -0.25) is 19.6 Å². The van der Waals surface area contributed by atoms with Gasteiger partial charge >= 0.3 is 6.01 Å². The van der Waals surface area contributed by atoms with Crippen LogP contribution in [0.1, 0.15) is 107 Å². The minimum atomic E-state index is -1.04. The summed E-state index contributed by atoms with van der Waals surface area (Å²) in [5.74, 6) is -2.19. The number of fused-ring (bicyclic) bond motifs is 3. The molecule has 11 rings (SSSR count). The van der Waals surface area contributed by atoms with Crippen molar-refractivity contribution in [3.8, 4) is 22.9 Å². The number of carbonyl (C=O) groups is 2. The van der Waals surface area contributed by atoms with Crippen LogP contribution < -0.4 is 15.0 Å². The Hall–Kier alpha value is -5.84. The molecule has 71 heavy (non-hydrogen) atoms. The number of anilines is 1. The first-order valence-electron chi connectivity index (χ1n) is 25.6. The predicted molar refractivity (Wildman–Crippen MR) is 266 cm³/mol. The van der Waals surface area contributed by atoms with Crippen LogP contribution in [0.15, 0.2) is 48.5 Å². The number of ether oxygens (including phenoxy) is 1. The smallest absolute Gasteiger partial charge is 0.319 e. The SMILES string of the molecule is CCc1c(F)ccc2cc(O)cc(-c3c(F)cc4c(N5CCC[C@@](C)(O)C5)nc(OCC5(CN6CCC(CN7CCC(c8cccc9c(C%10CCC(=O)NC%10=O)nn(C)c89)CC7)CC6)CC5)nc4c3F)c12. The van der Waals surface area contributed by atoms with Crippen LogP contribution in [-0.2, 0) is 23.1 Å². The molecule has 16 heteroatoms. The highest BCUT2D eigenvalue weighted by atomic mass is 19.1. The van der Waals surface area contributed by atoms with Crippen molar-refractivity contribution < 1.29 is 37.7 Å². The third kappa shape index (κ3) is 9.20. The van der Waals surface area contributed by atoms with E-state index in [0.29, 0.717) is 61.4 Å². The predicted octanol–water partition coefficient (Wildman–Crippen LogP) is 8.64. The fourth-order valence-electron chi connectivity index (χ4n) is 12.4. The lowest BCUT2D eigenvalue weighted by molar-refractivity contribution is -0.134. The van der Waals surface area contributed by atoms with E-state index in [1.165, 1.54) is 35.9 Å². The molecule has 4 aliphatic heterocycles. The number of amides is 2. The second-order valence-electron chi connectivity index (χ2n) is 21.6. The highest BCUT2D eigenvalue weighted by Gasteiger charge is 2.46. The van der Waals surface area contributed by atoms with Crippen LogP contribution >= 0.6 is 0 Å². The lowest BCUT2D eigenvalue weighted by Gasteiger charge is -2.38. The molecule has 1 saturated carbocycles. The van der Waals surface area contributed by atoms with Crippen LogP contribution in [0.2, 0.25) is 0 Å². The number of nitrogens with one attached hydrogen (secondary N) is 1. The Kier molecular flexibility index (Phi) is 12.5. The van der Waals surface area contributed by atoms with Crippen LogP contribution in [0.4, 0.5) is 19.0 Å². The molecule has 1 aliphatic carbocycles. The molecule has 5 fully saturated rings. The van der Waals surface area contributed by atoms with Gasteiger partial charge in [0.15, 0.2) is 5.82 Å². The number of aromatic nitrogens is 4. The zero-order valence-corrected chi connectivity index (χ0v) is 40.9. The van der Waals surface area contributed by atoms with Crippen LogP contribution in [0.3, 0.4) is 0 Å². The number of phenols is 1. The summed E-state index contributed by atoms with van der Waals surface area (Å²) in [5.41, 5.74) is 1.73. The van der Waals surface area contributed by atoms with Gasteiger partial charge in [-0.05, 0) is 161 Å². The van der Waals surface area contributed by atoms with E-state index in [1.54, 1.807) is 13.8 Å². The van der Waals surface area contributed by atoms with Gasteiger partial charge in [0.25, 0.3) is 0 Å². The Bertz CT molecular complexity index is 3070. The number of hydrogen-bond donors (Lipinski definition) is 3. The van der Waals surface area contributed by atoms with Gasteiger partial charge in [-0.2, -0.15) is 15.1 Å². The van der Waals surface area contributed by atoms with Crippen molar-refractivity contribution in [2.24, 2.45) is 18.4 Å². The number of benzene rings is 4. The molecule has 5 aliphatic rings. The summed E-state index contributed by atoms with van der Waals surface area (Å²) in [6.07, 6.45) is 8.60. The van der Waals surface area contributed by atoms with Gasteiger partial charge in [0.1, 0.15) is 28.7 Å². The molecule has 374 valence electrons. The van der Waals surface area contributed by atoms with Gasteiger partial charge in [0.2, 0.25) is 11.8 Å². The zero-order chi connectivity index (χ0) is 49.3. The first kappa shape index (κ1) is 47.5. The number of piperidine rings is 4. The molecular weight excluding hydrogens is 910 g/mol. The number of halogens is 3. The van der Waals surface area contributed by atoms with E-state index in [4.69, 9.17) is 14.8 Å². The maximum absolute atomic E-state index is 17.2. The third-order valence-corrected chi connectivity index (χ3v) is 16.4. The summed E-state index contributed by atoms with van der Waals surface area (Å²) in [6.45, 7) is 10.6. The highest BCUT2D eigenvalue weighted by molar-refractivity contribution is 6.04. The number of aliphatic hydroxyl groups is 1. The van der Waals surface area contributed by atoms with E-state index < -0.39 is 34.5 Å². The molecule has 0 bridgehead atoms. The topological polar surface area (TPSA) is 149 Å². The summed E-state index contributed by atoms with van der Waals surface area (Å²) in [6, 6.07) is 13.1. The standard InChI is InChI=1S/C55H63F3N8O5/c1-4-36-42(56)11-9-34-25-35(67)26-40(45(34)36)46-43(57)27-41-49(47(46)58)60-53(61-51(41)66-20-6-17-54(2,70)29-66)71-31-55(18-19-55)30-65-21-13-32(14-22-65)28-64-23-15-33(16-24-64)37-7-5-8-38-48(62-63(3)50(37)38)39-10-12-44(68)59-52(39)69/h5,7-9,11,25-27,32-33,39,67,70H,4,6,10,12-24,28-31H2,1-3H3,(H,59,68,69)/t39?,54-/m1/s1. The molecule has 0 spiro atoms. The molecule has 4 saturated heterocycles. The highest BCUT2D eigenvalue weighted by Crippen LogP contribution is 2.48. The number of carbonyl (C=O) groups excluding carboxylic acids is 2. The number of β-amino-alcohol motifs (C(OH)–C–C–N with tert-alkyl or cyclic N) is 1. The Morgan fingerprint density at radius 1 is 0.887 bits per heavy atom. The fraction of sp³-hybridized carbons (Fsp3) is 0.509.